The van der Waals surface area contributed by atoms with E-state index in [-0.39, 0.29) is 95.2 Å². The number of nitrogens with zero attached hydrogens (tertiary/aromatic N) is 11. The van der Waals surface area contributed by atoms with Crippen LogP contribution in [-0.2, 0) is 99.4 Å². The zero-order valence-corrected chi connectivity index (χ0v) is 94.0. The van der Waals surface area contributed by atoms with Gasteiger partial charge in [0.25, 0.3) is 0 Å². The first-order chi connectivity index (χ1) is 63.0. The van der Waals surface area contributed by atoms with Gasteiger partial charge in [-0.1, -0.05) is 80.0 Å². The van der Waals surface area contributed by atoms with Crippen molar-refractivity contribution in [3.8, 4) is 0 Å². The second-order valence-corrected chi connectivity index (χ2v) is 43.3. The summed E-state index contributed by atoms with van der Waals surface area (Å²) < 4.78 is 53.5. The number of nitrogens with one attached hydrogen (secondary N) is 2. The molecule has 9 aliphatic rings. The van der Waals surface area contributed by atoms with Gasteiger partial charge in [-0.3, -0.25) is 53.7 Å². The number of aliphatic hydroxyl groups excluding tert-OH is 2. The lowest BCUT2D eigenvalue weighted by atomic mass is 9.49. The molecule has 0 aliphatic carbocycles. The van der Waals surface area contributed by atoms with Crippen molar-refractivity contribution in [2.24, 2.45) is 0 Å². The average molecular weight is 2470 g/mol. The number of halogens is 13. The predicted octanol–water partition coefficient (Wildman–Crippen LogP) is 20.4. The molecule has 0 unspecified atom stereocenters. The highest BCUT2D eigenvalue weighted by atomic mass is 79.9. The number of piperidine rings is 3. The summed E-state index contributed by atoms with van der Waals surface area (Å²) in [6.07, 6.45) is 31.1. The number of carbonyl (C=O) groups is 6. The third kappa shape index (κ3) is 35.2. The minimum Gasteiger partial charge on any atom is -0.405 e. The van der Waals surface area contributed by atoms with Crippen molar-refractivity contribution in [2.45, 2.75) is 258 Å². The van der Waals surface area contributed by atoms with Gasteiger partial charge in [0.15, 0.2) is 6.29 Å². The van der Waals surface area contributed by atoms with Crippen molar-refractivity contribution in [2.75, 3.05) is 63.0 Å². The van der Waals surface area contributed by atoms with E-state index in [2.05, 4.69) is 213 Å². The molecule has 7 fully saturated rings. The molecule has 0 aromatic carbocycles. The standard InChI is InChI=1S/C14H21BN2O2.2C13H16BrClN2O2.C12H24B2O4.C8H9BrN2.C7H13NO2.C6H4Br2ClN.C6H5BrClNO.C6H3BrClNO.C4H4BrNO2/c1-13(2)14(3,4)19-15(18-13)11-8-10-6-5-7-16-12(10)17-9-11;2*1-9(18)17-4-2-11(3-5-17)19-8-10-6-16-7-12(14)13(10)15;1-9(2)10(3,4)16-13(15-9)14-17-11(5,6)12(7,8)18-14;9-7-4-6-2-1-3-10-8(6)11-5-7;1-6(9)8-4-2-7(10)3-5-8;7-1-4-2-10-3-5(8)6(4)9;2*7-5-2-9-1-4(3-10)6(5)8;5-6-3(7)1-2-4(6)8/h8-9H,5-7H2,1-4H3,(H,16,17);2*6-7,11H,2-5,8H2,1H3;1-8H3;4-5H,1-3H2,(H,10,11);7,10H,2-5H2,1H3;2-3H,1H2;1-2,10H,3H2;1-3H;1-2H2. The molecule has 0 bridgehead atoms. The fraction of sp³-hybridized carbons (Fsp3) is 0.539. The maximum absolute atomic E-state index is 11.2. The van der Waals surface area contributed by atoms with E-state index in [1.54, 1.807) is 69.0 Å². The molecule has 7 aromatic rings. The Labute approximate surface area is 879 Å². The van der Waals surface area contributed by atoms with Gasteiger partial charge in [0, 0.05) is 198 Å². The van der Waals surface area contributed by atoms with Crippen LogP contribution in [0.25, 0.3) is 0 Å². The number of aliphatic hydroxyl groups is 2. The summed E-state index contributed by atoms with van der Waals surface area (Å²) in [6.45, 7) is 36.7. The molecule has 134 heavy (non-hydrogen) atoms. The number of fused-ring (bicyclic) bond motifs is 2. The van der Waals surface area contributed by atoms with Crippen LogP contribution < -0.4 is 16.1 Å². The molecule has 29 nitrogen and oxygen atoms in total. The minimum absolute atomic E-state index is 0.0781. The maximum Gasteiger partial charge on any atom is 0.496 e. The van der Waals surface area contributed by atoms with E-state index < -0.39 is 14.0 Å². The highest BCUT2D eigenvalue weighted by molar-refractivity contribution is 9.11. The highest BCUT2D eigenvalue weighted by Crippen LogP contribution is 2.44. The van der Waals surface area contributed by atoms with Crippen molar-refractivity contribution >= 4 is 260 Å². The topological polar surface area (TPSA) is 344 Å². The number of aromatic nitrogens is 7. The molecule has 7 saturated heterocycles. The monoisotopic (exact) mass is 2460 g/mol. The lowest BCUT2D eigenvalue weighted by molar-refractivity contribution is -0.132. The van der Waals surface area contributed by atoms with Crippen LogP contribution >= 0.6 is 186 Å². The van der Waals surface area contributed by atoms with Crippen molar-refractivity contribution in [3.05, 3.63) is 177 Å². The van der Waals surface area contributed by atoms with Crippen molar-refractivity contribution in [3.63, 3.8) is 0 Å². The number of aldehydes is 1. The number of imide groups is 1. The summed E-state index contributed by atoms with van der Waals surface area (Å²) in [6, 6.07) is 4.30. The number of rotatable bonds is 11. The second-order valence-electron chi connectivity index (χ2n) is 35.0. The minimum atomic E-state index is -0.476. The number of likely N-dealkylation sites (tertiary alicyclic amines) is 3. The molecule has 7 aromatic heterocycles. The molecule has 9 aliphatic heterocycles. The Hall–Kier alpha value is -4.05. The van der Waals surface area contributed by atoms with E-state index in [0.717, 1.165) is 176 Å². The summed E-state index contributed by atoms with van der Waals surface area (Å²) in [4.78, 5) is 98.2. The Balaban J connectivity index is 0.000000206. The Kier molecular flexibility index (Phi) is 48.0. The number of aryl methyl sites for hydroxylation is 2. The maximum atomic E-state index is 11.2. The molecular formula is C89H115B3Br8Cl5N13O16. The average Bonchev–Trinajstić information content (AvgIpc) is 1.60. The Morgan fingerprint density at radius 2 is 0.799 bits per heavy atom. The highest BCUT2D eigenvalue weighted by Gasteiger charge is 2.64. The zero-order chi connectivity index (χ0) is 99.4. The number of anilines is 2. The molecular weight excluding hydrogens is 2360 g/mol. The van der Waals surface area contributed by atoms with E-state index in [4.69, 9.17) is 106 Å². The van der Waals surface area contributed by atoms with Gasteiger partial charge < -0.3 is 72.9 Å². The van der Waals surface area contributed by atoms with E-state index in [1.807, 2.05) is 77.6 Å². The first kappa shape index (κ1) is 117. The van der Waals surface area contributed by atoms with Gasteiger partial charge in [-0.15, -0.1) is 0 Å². The lowest BCUT2D eigenvalue weighted by Crippen LogP contribution is -2.41. The molecule has 5 amide bonds. The molecule has 45 heteroatoms. The third-order valence-corrected chi connectivity index (χ3v) is 31.8. The number of hydrogen-bond acceptors (Lipinski definition) is 25. The van der Waals surface area contributed by atoms with Crippen LogP contribution in [0, 0.1) is 0 Å². The van der Waals surface area contributed by atoms with Crippen LogP contribution in [0.15, 0.2) is 113 Å². The van der Waals surface area contributed by atoms with Crippen LogP contribution in [-0.4, -0.2) is 225 Å². The summed E-state index contributed by atoms with van der Waals surface area (Å²) in [7, 11) is -1.27. The van der Waals surface area contributed by atoms with Gasteiger partial charge in [0.05, 0.1) is 141 Å². The van der Waals surface area contributed by atoms with Crippen LogP contribution in [0.3, 0.4) is 0 Å². The van der Waals surface area contributed by atoms with E-state index in [0.29, 0.717) is 72.5 Å². The first-order valence-electron chi connectivity index (χ1n) is 43.4. The number of ether oxygens (including phenoxy) is 2. The Bertz CT molecular complexity index is 4850. The summed E-state index contributed by atoms with van der Waals surface area (Å²) in [5.74, 6) is 2.17. The predicted molar refractivity (Wildman–Crippen MR) is 554 cm³/mol. The van der Waals surface area contributed by atoms with Crippen LogP contribution in [0.5, 0.6) is 0 Å². The Morgan fingerprint density at radius 1 is 0.470 bits per heavy atom. The SMILES string of the molecule is Brc1cnc2c(c1)CCCN2.CC(=O)N1CCC(O)CC1.CC(=O)N1CCC(OCc2cncc(Br)c2Cl)CC1.CC(=O)N1CCC(OCc2cncc(Br)c2Cl)CC1.CC1(C)OB(B2OC(C)(C)C(C)(C)O2)OC1(C)C.CC1(C)OB(c2cnc3c(c2)CCCN3)OC1(C)C.Clc1c(Br)cncc1CBr.O=C1CCC(=O)N1Br.O=Cc1cncc(Br)c1Cl.OCc1cncc(Br)c1Cl. The van der Waals surface area contributed by atoms with Gasteiger partial charge in [-0.05, 0) is 260 Å². The van der Waals surface area contributed by atoms with Crippen molar-refractivity contribution < 1.29 is 76.4 Å². The lowest BCUT2D eigenvalue weighted by Gasteiger charge is -2.32. The molecule has 4 N–H and O–H groups in total. The Morgan fingerprint density at radius 3 is 1.13 bits per heavy atom. The normalized spacial score (nSPS) is 18.7. The van der Waals surface area contributed by atoms with Crippen LogP contribution in [0.2, 0.25) is 25.1 Å². The zero-order valence-electron chi connectivity index (χ0n) is 77.5. The first-order valence-corrected chi connectivity index (χ1v) is 51.8. The largest absolute Gasteiger partial charge is 0.496 e. The number of carbonyl (C=O) groups excluding carboxylic acids is 6. The molecule has 0 radical (unpaired) electrons. The summed E-state index contributed by atoms with van der Waals surface area (Å²) in [5.41, 5.74) is 5.35. The summed E-state index contributed by atoms with van der Waals surface area (Å²) >= 11 is 55.4. The third-order valence-electron chi connectivity index (χ3n) is 23.6. The quantitative estimate of drug-likeness (QED) is 0.0307. The molecule has 732 valence electrons. The van der Waals surface area contributed by atoms with Gasteiger partial charge >= 0.3 is 21.1 Å². The second kappa shape index (κ2) is 55.0. The fourth-order valence-electron chi connectivity index (χ4n) is 13.4. The van der Waals surface area contributed by atoms with E-state index >= 15 is 0 Å². The molecule has 16 rings (SSSR count). The van der Waals surface area contributed by atoms with Gasteiger partial charge in [-0.2, -0.15) is 0 Å². The van der Waals surface area contributed by atoms with Gasteiger partial charge in [0.1, 0.15) is 11.6 Å². The van der Waals surface area contributed by atoms with Crippen molar-refractivity contribution in [1.82, 2.24) is 53.5 Å². The van der Waals surface area contributed by atoms with Crippen molar-refractivity contribution in [1.29, 1.82) is 0 Å². The summed E-state index contributed by atoms with van der Waals surface area (Å²) in [5, 5.41) is 28.0. The van der Waals surface area contributed by atoms with Gasteiger partial charge in [0.2, 0.25) is 29.5 Å². The van der Waals surface area contributed by atoms with Crippen LogP contribution in [0.1, 0.15) is 212 Å². The number of amides is 5. The smallest absolute Gasteiger partial charge is 0.405 e. The molecule has 0 atom stereocenters. The molecule has 0 spiro atoms. The number of hydrogen-bond donors (Lipinski definition) is 4. The van der Waals surface area contributed by atoms with Gasteiger partial charge in [-0.25, -0.2) is 13.9 Å². The molecule has 16 heterocycles. The van der Waals surface area contributed by atoms with E-state index in [9.17, 15) is 28.8 Å². The fourth-order valence-corrected chi connectivity index (χ4v) is 17.3. The number of pyridine rings is 7. The van der Waals surface area contributed by atoms with E-state index in [1.165, 1.54) is 36.1 Å². The number of alkyl halides is 1. The molecule has 0 saturated carbocycles. The van der Waals surface area contributed by atoms with Crippen LogP contribution in [0.4, 0.5) is 11.6 Å².